The summed E-state index contributed by atoms with van der Waals surface area (Å²) in [5, 5.41) is 14.9. The number of rotatable bonds is 6. The fraction of sp³-hybridized carbons (Fsp3) is 1.00. The third-order valence-electron chi connectivity index (χ3n) is 1.08. The lowest BCUT2D eigenvalue weighted by Crippen LogP contribution is -2.32. The minimum absolute atomic E-state index is 0.0566. The van der Waals surface area contributed by atoms with Crippen molar-refractivity contribution in [1.82, 2.24) is 5.32 Å². The predicted molar refractivity (Wildman–Crippen MR) is 41.7 cm³/mol. The summed E-state index contributed by atoms with van der Waals surface area (Å²) in [6, 6.07) is 0. The molecule has 0 saturated carbocycles. The molecule has 6 heteroatoms. The summed E-state index contributed by atoms with van der Waals surface area (Å²) in [4.78, 5) is 2.50. The highest BCUT2D eigenvalue weighted by atomic mass is 16.3. The number of azide groups is 1. The smallest absolute Gasteiger partial charge is 0.110 e. The highest BCUT2D eigenvalue weighted by molar-refractivity contribution is 4.57. The lowest BCUT2D eigenvalue weighted by Gasteiger charge is -2.08. The van der Waals surface area contributed by atoms with E-state index in [1.165, 1.54) is 0 Å². The van der Waals surface area contributed by atoms with Crippen LogP contribution in [0.4, 0.5) is 0 Å². The van der Waals surface area contributed by atoms with Crippen LogP contribution in [0.1, 0.15) is 6.42 Å². The lowest BCUT2D eigenvalue weighted by molar-refractivity contribution is 0.145. The molecule has 0 saturated heterocycles. The molecule has 64 valence electrons. The van der Waals surface area contributed by atoms with Crippen LogP contribution in [-0.4, -0.2) is 31.0 Å². The molecule has 0 aliphatic heterocycles. The van der Waals surface area contributed by atoms with Gasteiger partial charge < -0.3 is 10.8 Å². The first kappa shape index (κ1) is 10.2. The molecule has 0 amide bonds. The molecule has 0 aromatic carbocycles. The van der Waals surface area contributed by atoms with Gasteiger partial charge >= 0.3 is 0 Å². The summed E-state index contributed by atoms with van der Waals surface area (Å²) in [5.74, 6) is 0. The Balaban J connectivity index is 3.21. The van der Waals surface area contributed by atoms with Crippen LogP contribution in [-0.2, 0) is 0 Å². The molecule has 1 atom stereocenters. The van der Waals surface area contributed by atoms with Crippen molar-refractivity contribution in [2.75, 3.05) is 19.6 Å². The Labute approximate surface area is 65.0 Å². The fourth-order valence-electron chi connectivity index (χ4n) is 0.549. The maximum absolute atomic E-state index is 8.99. The lowest BCUT2D eigenvalue weighted by atomic mass is 10.4. The van der Waals surface area contributed by atoms with Gasteiger partial charge in [-0.05, 0) is 25.0 Å². The van der Waals surface area contributed by atoms with E-state index in [1.807, 2.05) is 0 Å². The van der Waals surface area contributed by atoms with E-state index in [4.69, 9.17) is 16.4 Å². The van der Waals surface area contributed by atoms with Crippen molar-refractivity contribution in [2.24, 2.45) is 10.8 Å². The highest BCUT2D eigenvalue weighted by Crippen LogP contribution is 1.80. The average Bonchev–Trinajstić information content (AvgIpc) is 2.01. The number of aliphatic hydroxyl groups excluding tert-OH is 1. The Bertz CT molecular complexity index is 133. The van der Waals surface area contributed by atoms with E-state index in [0.29, 0.717) is 13.1 Å². The molecule has 11 heavy (non-hydrogen) atoms. The molecule has 0 aliphatic carbocycles. The molecule has 0 bridgehead atoms. The van der Waals surface area contributed by atoms with E-state index >= 15 is 0 Å². The van der Waals surface area contributed by atoms with Crippen LogP contribution in [0.25, 0.3) is 10.4 Å². The van der Waals surface area contributed by atoms with Gasteiger partial charge in [0.05, 0.1) is 6.54 Å². The number of nitrogens with one attached hydrogen (secondary N) is 1. The van der Waals surface area contributed by atoms with E-state index < -0.39 is 6.23 Å². The Morgan fingerprint density at radius 3 is 3.00 bits per heavy atom. The highest BCUT2D eigenvalue weighted by Gasteiger charge is 1.98. The van der Waals surface area contributed by atoms with Gasteiger partial charge in [0.1, 0.15) is 6.23 Å². The van der Waals surface area contributed by atoms with E-state index in [2.05, 4.69) is 15.3 Å². The summed E-state index contributed by atoms with van der Waals surface area (Å²) < 4.78 is 0. The van der Waals surface area contributed by atoms with Crippen LogP contribution in [0.15, 0.2) is 5.11 Å². The van der Waals surface area contributed by atoms with Crippen LogP contribution in [0.5, 0.6) is 0 Å². The largest absolute Gasteiger partial charge is 0.378 e. The second kappa shape index (κ2) is 7.30. The number of hydrogen-bond donors (Lipinski definition) is 3. The second-order valence-electron chi connectivity index (χ2n) is 2.03. The summed E-state index contributed by atoms with van der Waals surface area (Å²) >= 11 is 0. The average molecular weight is 159 g/mol. The molecule has 0 radical (unpaired) electrons. The fourth-order valence-corrected chi connectivity index (χ4v) is 0.549. The van der Waals surface area contributed by atoms with Crippen LogP contribution >= 0.6 is 0 Å². The first-order valence-corrected chi connectivity index (χ1v) is 3.43. The summed E-state index contributed by atoms with van der Waals surface area (Å²) in [6.07, 6.45) is 0.0466. The molecule has 0 spiro atoms. The Morgan fingerprint density at radius 2 is 2.45 bits per heavy atom. The van der Waals surface area contributed by atoms with Gasteiger partial charge in [0, 0.05) is 4.91 Å². The van der Waals surface area contributed by atoms with Gasteiger partial charge in [-0.1, -0.05) is 5.11 Å². The molecule has 0 aromatic heterocycles. The Morgan fingerprint density at radius 1 is 1.73 bits per heavy atom. The number of nitrogens with zero attached hydrogens (tertiary/aromatic N) is 3. The van der Waals surface area contributed by atoms with Crippen LogP contribution < -0.4 is 11.1 Å². The van der Waals surface area contributed by atoms with Crippen molar-refractivity contribution < 1.29 is 5.11 Å². The van der Waals surface area contributed by atoms with Gasteiger partial charge in [-0.3, -0.25) is 5.32 Å². The molecular formula is C5H13N5O. The van der Waals surface area contributed by atoms with Crippen molar-refractivity contribution in [3.63, 3.8) is 0 Å². The minimum atomic E-state index is -0.752. The van der Waals surface area contributed by atoms with E-state index in [0.717, 1.165) is 6.42 Å². The number of nitrogens with two attached hydrogens (primary N) is 1. The molecule has 0 rings (SSSR count). The third-order valence-corrected chi connectivity index (χ3v) is 1.08. The maximum atomic E-state index is 8.99. The number of aliphatic hydroxyl groups is 1. The van der Waals surface area contributed by atoms with Crippen molar-refractivity contribution >= 4 is 0 Å². The molecule has 0 aliphatic rings. The van der Waals surface area contributed by atoms with E-state index in [-0.39, 0.29) is 6.54 Å². The van der Waals surface area contributed by atoms with Gasteiger partial charge in [-0.15, -0.1) is 0 Å². The molecule has 0 fully saturated rings. The van der Waals surface area contributed by atoms with Gasteiger partial charge in [0.2, 0.25) is 0 Å². The van der Waals surface area contributed by atoms with Crippen LogP contribution in [0.2, 0.25) is 0 Å². The second-order valence-corrected chi connectivity index (χ2v) is 2.03. The van der Waals surface area contributed by atoms with Crippen molar-refractivity contribution in [3.05, 3.63) is 10.4 Å². The summed E-state index contributed by atoms with van der Waals surface area (Å²) in [5.41, 5.74) is 13.1. The zero-order chi connectivity index (χ0) is 8.53. The Kier molecular flexibility index (Phi) is 6.76. The molecule has 0 heterocycles. The zero-order valence-corrected chi connectivity index (χ0v) is 6.27. The standard InChI is InChI=1S/C5H13N5O/c6-2-1-3-8-5(11)4-9-10-7/h5,8,11H,1-4,6H2. The van der Waals surface area contributed by atoms with Crippen molar-refractivity contribution in [3.8, 4) is 0 Å². The topological polar surface area (TPSA) is 107 Å². The monoisotopic (exact) mass is 159 g/mol. The molecule has 0 aromatic rings. The van der Waals surface area contributed by atoms with Gasteiger partial charge in [-0.2, -0.15) is 0 Å². The first-order chi connectivity index (χ1) is 5.31. The van der Waals surface area contributed by atoms with Crippen LogP contribution in [0, 0.1) is 0 Å². The van der Waals surface area contributed by atoms with Gasteiger partial charge in [-0.25, -0.2) is 0 Å². The molecular weight excluding hydrogens is 146 g/mol. The predicted octanol–water partition coefficient (Wildman–Crippen LogP) is -0.447. The number of hydrogen-bond acceptors (Lipinski definition) is 4. The van der Waals surface area contributed by atoms with Gasteiger partial charge in [0.25, 0.3) is 0 Å². The Hall–Kier alpha value is -0.810. The zero-order valence-electron chi connectivity index (χ0n) is 6.27. The molecule has 1 unspecified atom stereocenters. The third kappa shape index (κ3) is 7.08. The van der Waals surface area contributed by atoms with Crippen molar-refractivity contribution in [1.29, 1.82) is 0 Å². The quantitative estimate of drug-likeness (QED) is 0.161. The SMILES string of the molecule is [N-]=[N+]=NCC(O)NCCCN. The molecule has 6 nitrogen and oxygen atoms in total. The van der Waals surface area contributed by atoms with Crippen LogP contribution in [0.3, 0.4) is 0 Å². The maximum Gasteiger partial charge on any atom is 0.110 e. The summed E-state index contributed by atoms with van der Waals surface area (Å²) in [7, 11) is 0. The van der Waals surface area contributed by atoms with Gasteiger partial charge in [0.15, 0.2) is 0 Å². The minimum Gasteiger partial charge on any atom is -0.378 e. The normalized spacial score (nSPS) is 12.2. The van der Waals surface area contributed by atoms with E-state index in [1.54, 1.807) is 0 Å². The molecule has 4 N–H and O–H groups in total. The summed E-state index contributed by atoms with van der Waals surface area (Å²) in [6.45, 7) is 1.28. The van der Waals surface area contributed by atoms with Crippen molar-refractivity contribution in [2.45, 2.75) is 12.6 Å². The first-order valence-electron chi connectivity index (χ1n) is 3.43. The van der Waals surface area contributed by atoms with E-state index in [9.17, 15) is 0 Å².